The average Bonchev–Trinajstić information content (AvgIpc) is 3.12. The standard InChI is InChI=1S/C12H15FN2O3S/c1-2-15(9-4-5-9)12(16)10-7-8(13)3-6-11(10)19(14,17)18/h3,6-7,9H,2,4-5H2,1H3,(H2,14,17,18). The predicted octanol–water partition coefficient (Wildman–Crippen LogP) is 1.10. The Hall–Kier alpha value is -1.47. The highest BCUT2D eigenvalue weighted by Crippen LogP contribution is 2.29. The van der Waals surface area contributed by atoms with Gasteiger partial charge in [-0.2, -0.15) is 0 Å². The van der Waals surface area contributed by atoms with Crippen molar-refractivity contribution in [1.29, 1.82) is 0 Å². The van der Waals surface area contributed by atoms with E-state index in [2.05, 4.69) is 0 Å². The number of carbonyl (C=O) groups is 1. The lowest BCUT2D eigenvalue weighted by atomic mass is 10.2. The molecule has 2 rings (SSSR count). The van der Waals surface area contributed by atoms with E-state index >= 15 is 0 Å². The number of hydrogen-bond donors (Lipinski definition) is 1. The summed E-state index contributed by atoms with van der Waals surface area (Å²) in [5.74, 6) is -1.16. The summed E-state index contributed by atoms with van der Waals surface area (Å²) in [6.07, 6.45) is 1.78. The van der Waals surface area contributed by atoms with Gasteiger partial charge in [-0.1, -0.05) is 0 Å². The highest BCUT2D eigenvalue weighted by Gasteiger charge is 2.33. The Balaban J connectivity index is 2.48. The quantitative estimate of drug-likeness (QED) is 0.900. The number of nitrogens with two attached hydrogens (primary N) is 1. The lowest BCUT2D eigenvalue weighted by molar-refractivity contribution is 0.0748. The van der Waals surface area contributed by atoms with Crippen LogP contribution in [0.1, 0.15) is 30.1 Å². The molecule has 0 aliphatic heterocycles. The van der Waals surface area contributed by atoms with Crippen LogP contribution in [-0.2, 0) is 10.0 Å². The molecule has 1 amide bonds. The molecule has 0 bridgehead atoms. The molecule has 7 heteroatoms. The van der Waals surface area contributed by atoms with Gasteiger partial charge < -0.3 is 4.90 Å². The summed E-state index contributed by atoms with van der Waals surface area (Å²) in [6, 6.07) is 3.05. The fraction of sp³-hybridized carbons (Fsp3) is 0.417. The number of primary sulfonamides is 1. The van der Waals surface area contributed by atoms with E-state index in [0.717, 1.165) is 31.0 Å². The van der Waals surface area contributed by atoms with Crippen LogP contribution in [-0.4, -0.2) is 31.8 Å². The van der Waals surface area contributed by atoms with Crippen molar-refractivity contribution in [3.05, 3.63) is 29.6 Å². The molecule has 1 aliphatic carbocycles. The van der Waals surface area contributed by atoms with Crippen molar-refractivity contribution in [2.45, 2.75) is 30.7 Å². The molecule has 1 aromatic rings. The lowest BCUT2D eigenvalue weighted by Crippen LogP contribution is -2.34. The summed E-state index contributed by atoms with van der Waals surface area (Å²) in [5.41, 5.74) is -0.198. The molecule has 1 fully saturated rings. The molecule has 0 atom stereocenters. The minimum absolute atomic E-state index is 0.120. The van der Waals surface area contributed by atoms with Crippen LogP contribution in [0.5, 0.6) is 0 Å². The number of hydrogen-bond acceptors (Lipinski definition) is 3. The van der Waals surface area contributed by atoms with Gasteiger partial charge in [-0.25, -0.2) is 17.9 Å². The fourth-order valence-electron chi connectivity index (χ4n) is 2.03. The molecular weight excluding hydrogens is 271 g/mol. The first-order valence-electron chi connectivity index (χ1n) is 5.98. The van der Waals surface area contributed by atoms with Gasteiger partial charge in [-0.05, 0) is 38.0 Å². The van der Waals surface area contributed by atoms with E-state index in [4.69, 9.17) is 5.14 Å². The third kappa shape index (κ3) is 2.93. The van der Waals surface area contributed by atoms with Crippen molar-refractivity contribution < 1.29 is 17.6 Å². The van der Waals surface area contributed by atoms with Crippen molar-refractivity contribution in [2.24, 2.45) is 5.14 Å². The first-order valence-corrected chi connectivity index (χ1v) is 7.52. The minimum Gasteiger partial charge on any atom is -0.336 e. The van der Waals surface area contributed by atoms with Gasteiger partial charge in [0.1, 0.15) is 5.82 Å². The summed E-state index contributed by atoms with van der Waals surface area (Å²) >= 11 is 0. The summed E-state index contributed by atoms with van der Waals surface area (Å²) in [6.45, 7) is 2.25. The summed E-state index contributed by atoms with van der Waals surface area (Å²) in [4.78, 5) is 13.5. The van der Waals surface area contributed by atoms with Crippen molar-refractivity contribution in [3.63, 3.8) is 0 Å². The largest absolute Gasteiger partial charge is 0.336 e. The Labute approximate surface area is 111 Å². The van der Waals surface area contributed by atoms with Crippen molar-refractivity contribution in [1.82, 2.24) is 4.90 Å². The predicted molar refractivity (Wildman–Crippen MR) is 67.5 cm³/mol. The number of benzene rings is 1. The van der Waals surface area contributed by atoms with E-state index in [1.807, 2.05) is 0 Å². The van der Waals surface area contributed by atoms with E-state index in [9.17, 15) is 17.6 Å². The van der Waals surface area contributed by atoms with Crippen LogP contribution < -0.4 is 5.14 Å². The zero-order valence-electron chi connectivity index (χ0n) is 10.5. The second kappa shape index (κ2) is 4.90. The van der Waals surface area contributed by atoms with Crippen molar-refractivity contribution in [3.8, 4) is 0 Å². The number of nitrogens with zero attached hydrogens (tertiary/aromatic N) is 1. The molecule has 1 aromatic carbocycles. The Morgan fingerprint density at radius 3 is 2.58 bits per heavy atom. The second-order valence-corrected chi connectivity index (χ2v) is 6.04. The maximum atomic E-state index is 13.3. The summed E-state index contributed by atoms with van der Waals surface area (Å²) in [7, 11) is -4.06. The molecular formula is C12H15FN2O3S. The monoisotopic (exact) mass is 286 g/mol. The van der Waals surface area contributed by atoms with Gasteiger partial charge >= 0.3 is 0 Å². The number of amides is 1. The molecule has 0 heterocycles. The topological polar surface area (TPSA) is 80.5 Å². The zero-order valence-corrected chi connectivity index (χ0v) is 11.3. The number of carbonyl (C=O) groups excluding carboxylic acids is 1. The molecule has 1 aliphatic rings. The van der Waals surface area contributed by atoms with E-state index in [1.165, 1.54) is 0 Å². The van der Waals surface area contributed by atoms with Crippen LogP contribution in [0.4, 0.5) is 4.39 Å². The minimum atomic E-state index is -4.06. The molecule has 104 valence electrons. The SMILES string of the molecule is CCN(C(=O)c1cc(F)ccc1S(N)(=O)=O)C1CC1. The Kier molecular flexibility index (Phi) is 3.60. The number of sulfonamides is 1. The maximum absolute atomic E-state index is 13.3. The third-order valence-corrected chi connectivity index (χ3v) is 4.04. The van der Waals surface area contributed by atoms with Crippen LogP contribution in [0.3, 0.4) is 0 Å². The highest BCUT2D eigenvalue weighted by molar-refractivity contribution is 7.89. The summed E-state index contributed by atoms with van der Waals surface area (Å²) < 4.78 is 36.2. The Morgan fingerprint density at radius 2 is 2.11 bits per heavy atom. The van der Waals surface area contributed by atoms with E-state index < -0.39 is 21.7 Å². The Bertz CT molecular complexity index is 611. The molecule has 5 nitrogen and oxygen atoms in total. The van der Waals surface area contributed by atoms with Gasteiger partial charge in [0.2, 0.25) is 10.0 Å². The second-order valence-electron chi connectivity index (χ2n) is 4.51. The number of halogens is 1. The van der Waals surface area contributed by atoms with Crippen LogP contribution >= 0.6 is 0 Å². The van der Waals surface area contributed by atoms with Crippen LogP contribution in [0.15, 0.2) is 23.1 Å². The highest BCUT2D eigenvalue weighted by atomic mass is 32.2. The maximum Gasteiger partial charge on any atom is 0.255 e. The molecule has 0 radical (unpaired) electrons. The van der Waals surface area contributed by atoms with Gasteiger partial charge in [0.05, 0.1) is 10.5 Å². The Morgan fingerprint density at radius 1 is 1.47 bits per heavy atom. The molecule has 0 aromatic heterocycles. The van der Waals surface area contributed by atoms with Gasteiger partial charge in [-0.15, -0.1) is 0 Å². The van der Waals surface area contributed by atoms with E-state index in [0.29, 0.717) is 6.54 Å². The molecule has 0 unspecified atom stereocenters. The fourth-order valence-corrected chi connectivity index (χ4v) is 2.74. The van der Waals surface area contributed by atoms with Crippen LogP contribution in [0, 0.1) is 5.82 Å². The molecule has 19 heavy (non-hydrogen) atoms. The summed E-state index contributed by atoms with van der Waals surface area (Å²) in [5, 5.41) is 5.06. The lowest BCUT2D eigenvalue weighted by Gasteiger charge is -2.21. The number of rotatable bonds is 4. The molecule has 2 N–H and O–H groups in total. The van der Waals surface area contributed by atoms with E-state index in [1.54, 1.807) is 11.8 Å². The van der Waals surface area contributed by atoms with Crippen molar-refractivity contribution in [2.75, 3.05) is 6.54 Å². The van der Waals surface area contributed by atoms with Crippen molar-refractivity contribution >= 4 is 15.9 Å². The average molecular weight is 286 g/mol. The molecule has 1 saturated carbocycles. The van der Waals surface area contributed by atoms with Crippen LogP contribution in [0.2, 0.25) is 0 Å². The normalized spacial score (nSPS) is 15.3. The first-order chi connectivity index (χ1) is 8.84. The van der Waals surface area contributed by atoms with Gasteiger partial charge in [0, 0.05) is 12.6 Å². The molecule has 0 spiro atoms. The zero-order chi connectivity index (χ0) is 14.2. The van der Waals surface area contributed by atoms with Gasteiger partial charge in [-0.3, -0.25) is 4.79 Å². The van der Waals surface area contributed by atoms with Crippen LogP contribution in [0.25, 0.3) is 0 Å². The third-order valence-electron chi connectivity index (χ3n) is 3.07. The van der Waals surface area contributed by atoms with E-state index in [-0.39, 0.29) is 16.5 Å². The van der Waals surface area contributed by atoms with Gasteiger partial charge in [0.25, 0.3) is 5.91 Å². The van der Waals surface area contributed by atoms with Gasteiger partial charge in [0.15, 0.2) is 0 Å². The smallest absolute Gasteiger partial charge is 0.255 e. The molecule has 0 saturated heterocycles. The first kappa shape index (κ1) is 14.0.